The average Bonchev–Trinajstić information content (AvgIpc) is 2.91. The van der Waals surface area contributed by atoms with E-state index < -0.39 is 0 Å². The molecule has 0 heteroatoms. The largest absolute Gasteiger partial charge is 0.0619 e. The molecule has 0 unspecified atom stereocenters. The van der Waals surface area contributed by atoms with Crippen LogP contribution in [0.25, 0.3) is 11.1 Å². The molecule has 2 aliphatic rings. The van der Waals surface area contributed by atoms with Crippen molar-refractivity contribution in [2.24, 2.45) is 0 Å². The summed E-state index contributed by atoms with van der Waals surface area (Å²) in [4.78, 5) is 0. The molecule has 0 saturated heterocycles. The number of fused-ring (bicyclic) bond motifs is 4. The Morgan fingerprint density at radius 3 is 2.39 bits per heavy atom. The predicted molar refractivity (Wildman–Crippen MR) is 76.0 cm³/mol. The van der Waals surface area contributed by atoms with Crippen LogP contribution in [0.5, 0.6) is 0 Å². The zero-order valence-electron chi connectivity index (χ0n) is 11.1. The molecule has 18 heavy (non-hydrogen) atoms. The molecule has 2 aromatic rings. The predicted octanol–water partition coefficient (Wildman–Crippen LogP) is 4.48. The fraction of sp³-hybridized carbons (Fsp3) is 0.333. The zero-order chi connectivity index (χ0) is 12.3. The van der Waals surface area contributed by atoms with E-state index in [2.05, 4.69) is 50.2 Å². The molecule has 90 valence electrons. The Bertz CT molecular complexity index is 647. The molecule has 0 aromatic heterocycles. The van der Waals surface area contributed by atoms with Gasteiger partial charge in [0.15, 0.2) is 0 Å². The molecule has 0 bridgehead atoms. The Balaban J connectivity index is 2.07. The van der Waals surface area contributed by atoms with Gasteiger partial charge in [-0.05, 0) is 52.6 Å². The molecular formula is C18H18. The molecule has 2 aliphatic carbocycles. The summed E-state index contributed by atoms with van der Waals surface area (Å²) in [5, 5.41) is 0. The van der Waals surface area contributed by atoms with E-state index in [1.165, 1.54) is 41.5 Å². The molecule has 0 nitrogen and oxygen atoms in total. The van der Waals surface area contributed by atoms with Crippen molar-refractivity contribution in [3.05, 3.63) is 58.7 Å². The highest BCUT2D eigenvalue weighted by molar-refractivity contribution is 5.81. The molecule has 0 saturated carbocycles. The minimum absolute atomic E-state index is 0.170. The van der Waals surface area contributed by atoms with Crippen molar-refractivity contribution in [2.75, 3.05) is 0 Å². The highest BCUT2D eigenvalue weighted by Crippen LogP contribution is 2.49. The molecule has 0 aliphatic heterocycles. The van der Waals surface area contributed by atoms with Crippen molar-refractivity contribution in [1.82, 2.24) is 0 Å². The molecule has 4 rings (SSSR count). The van der Waals surface area contributed by atoms with E-state index in [1.54, 1.807) is 11.1 Å². The second kappa shape index (κ2) is 3.26. The smallest absolute Gasteiger partial charge is 0.0158 e. The van der Waals surface area contributed by atoms with Crippen LogP contribution in [0.2, 0.25) is 0 Å². The summed E-state index contributed by atoms with van der Waals surface area (Å²) in [6, 6.07) is 13.9. The number of aryl methyl sites for hydroxylation is 2. The van der Waals surface area contributed by atoms with Gasteiger partial charge in [-0.1, -0.05) is 50.2 Å². The lowest BCUT2D eigenvalue weighted by Crippen LogP contribution is -2.15. The van der Waals surface area contributed by atoms with Gasteiger partial charge in [0.1, 0.15) is 0 Å². The summed E-state index contributed by atoms with van der Waals surface area (Å²) in [6.45, 7) is 4.72. The van der Waals surface area contributed by atoms with Gasteiger partial charge in [-0.15, -0.1) is 0 Å². The van der Waals surface area contributed by atoms with E-state index in [1.807, 2.05) is 0 Å². The molecule has 0 atom stereocenters. The summed E-state index contributed by atoms with van der Waals surface area (Å²) < 4.78 is 0. The second-order valence-electron chi connectivity index (χ2n) is 6.19. The quantitative estimate of drug-likeness (QED) is 0.630. The Hall–Kier alpha value is -1.56. The topological polar surface area (TPSA) is 0 Å². The number of benzene rings is 2. The van der Waals surface area contributed by atoms with Crippen molar-refractivity contribution in [1.29, 1.82) is 0 Å². The minimum Gasteiger partial charge on any atom is -0.0619 e. The third kappa shape index (κ3) is 1.16. The van der Waals surface area contributed by atoms with Gasteiger partial charge in [0.05, 0.1) is 0 Å². The van der Waals surface area contributed by atoms with Crippen LogP contribution in [-0.4, -0.2) is 0 Å². The van der Waals surface area contributed by atoms with Crippen LogP contribution in [0.1, 0.15) is 42.5 Å². The van der Waals surface area contributed by atoms with E-state index >= 15 is 0 Å². The van der Waals surface area contributed by atoms with Gasteiger partial charge in [0.2, 0.25) is 0 Å². The van der Waals surface area contributed by atoms with Gasteiger partial charge in [-0.2, -0.15) is 0 Å². The molecule has 2 aromatic carbocycles. The molecule has 0 amide bonds. The maximum atomic E-state index is 2.48. The Morgan fingerprint density at radius 2 is 1.56 bits per heavy atom. The molecular weight excluding hydrogens is 216 g/mol. The third-order valence-corrected chi connectivity index (χ3v) is 4.80. The SMILES string of the molecule is CC1(C)c2ccccc2-c2cc3c(cc21)CCC3. The number of hydrogen-bond acceptors (Lipinski definition) is 0. The maximum absolute atomic E-state index is 2.48. The fourth-order valence-corrected chi connectivity index (χ4v) is 3.77. The van der Waals surface area contributed by atoms with Crippen LogP contribution in [0, 0.1) is 0 Å². The summed E-state index contributed by atoms with van der Waals surface area (Å²) in [5.41, 5.74) is 9.30. The van der Waals surface area contributed by atoms with Gasteiger partial charge < -0.3 is 0 Å². The standard InChI is InChI=1S/C18H18/c1-18(2)16-9-4-3-8-14(16)15-10-12-6-5-7-13(12)11-17(15)18/h3-4,8-11H,5-7H2,1-2H3. The summed E-state index contributed by atoms with van der Waals surface area (Å²) in [6.07, 6.45) is 3.88. The first-order valence-corrected chi connectivity index (χ1v) is 6.94. The molecule has 0 fully saturated rings. The Labute approximate surface area is 109 Å². The third-order valence-electron chi connectivity index (χ3n) is 4.80. The van der Waals surface area contributed by atoms with Gasteiger partial charge in [-0.25, -0.2) is 0 Å². The van der Waals surface area contributed by atoms with Crippen LogP contribution in [0.4, 0.5) is 0 Å². The number of hydrogen-bond donors (Lipinski definition) is 0. The van der Waals surface area contributed by atoms with Crippen LogP contribution in [0.15, 0.2) is 36.4 Å². The molecule has 0 spiro atoms. The fourth-order valence-electron chi connectivity index (χ4n) is 3.77. The van der Waals surface area contributed by atoms with E-state index in [0.29, 0.717) is 0 Å². The van der Waals surface area contributed by atoms with E-state index in [9.17, 15) is 0 Å². The van der Waals surface area contributed by atoms with Gasteiger partial charge >= 0.3 is 0 Å². The van der Waals surface area contributed by atoms with Crippen molar-refractivity contribution in [3.63, 3.8) is 0 Å². The lowest BCUT2D eigenvalue weighted by Gasteiger charge is -2.22. The van der Waals surface area contributed by atoms with Crippen LogP contribution < -0.4 is 0 Å². The lowest BCUT2D eigenvalue weighted by atomic mass is 9.82. The Morgan fingerprint density at radius 1 is 0.833 bits per heavy atom. The van der Waals surface area contributed by atoms with Crippen LogP contribution in [-0.2, 0) is 18.3 Å². The van der Waals surface area contributed by atoms with Crippen molar-refractivity contribution in [3.8, 4) is 11.1 Å². The molecule has 0 N–H and O–H groups in total. The van der Waals surface area contributed by atoms with E-state index in [-0.39, 0.29) is 5.41 Å². The van der Waals surface area contributed by atoms with Crippen molar-refractivity contribution >= 4 is 0 Å². The van der Waals surface area contributed by atoms with E-state index in [4.69, 9.17) is 0 Å². The summed E-state index contributed by atoms with van der Waals surface area (Å²) in [7, 11) is 0. The summed E-state index contributed by atoms with van der Waals surface area (Å²) >= 11 is 0. The zero-order valence-corrected chi connectivity index (χ0v) is 11.1. The first-order chi connectivity index (χ1) is 8.68. The van der Waals surface area contributed by atoms with Gasteiger partial charge in [0, 0.05) is 5.41 Å². The van der Waals surface area contributed by atoms with Crippen molar-refractivity contribution < 1.29 is 0 Å². The average molecular weight is 234 g/mol. The highest BCUT2D eigenvalue weighted by Gasteiger charge is 2.36. The molecule has 0 radical (unpaired) electrons. The normalized spacial score (nSPS) is 18.3. The summed E-state index contributed by atoms with van der Waals surface area (Å²) in [5.74, 6) is 0. The highest BCUT2D eigenvalue weighted by atomic mass is 14.4. The van der Waals surface area contributed by atoms with Crippen LogP contribution >= 0.6 is 0 Å². The second-order valence-corrected chi connectivity index (χ2v) is 6.19. The van der Waals surface area contributed by atoms with E-state index in [0.717, 1.165) is 0 Å². The van der Waals surface area contributed by atoms with Gasteiger partial charge in [0.25, 0.3) is 0 Å². The lowest BCUT2D eigenvalue weighted by molar-refractivity contribution is 0.659. The van der Waals surface area contributed by atoms with Gasteiger partial charge in [-0.3, -0.25) is 0 Å². The minimum atomic E-state index is 0.170. The van der Waals surface area contributed by atoms with Crippen LogP contribution in [0.3, 0.4) is 0 Å². The molecule has 0 heterocycles. The monoisotopic (exact) mass is 234 g/mol. The Kier molecular flexibility index (Phi) is 1.88. The van der Waals surface area contributed by atoms with Crippen molar-refractivity contribution in [2.45, 2.75) is 38.5 Å². The first-order valence-electron chi connectivity index (χ1n) is 6.94. The first kappa shape index (κ1) is 10.4. The maximum Gasteiger partial charge on any atom is 0.0158 e. The number of rotatable bonds is 0.